The molecular weight excluding hydrogens is 403 g/mol. The lowest BCUT2D eigenvalue weighted by atomic mass is 10.1. The molecule has 0 heterocycles. The van der Waals surface area contributed by atoms with E-state index in [-0.39, 0.29) is 18.3 Å². The van der Waals surface area contributed by atoms with Crippen LogP contribution >= 0.6 is 24.0 Å². The number of carbonyl (C=O) groups excluding carboxylic acids is 1. The highest BCUT2D eigenvalue weighted by molar-refractivity contribution is 6.33. The zero-order valence-corrected chi connectivity index (χ0v) is 17.8. The lowest BCUT2D eigenvalue weighted by molar-refractivity contribution is 0.0948. The van der Waals surface area contributed by atoms with Crippen LogP contribution in [0.3, 0.4) is 0 Å². The Morgan fingerprint density at radius 2 is 1.82 bits per heavy atom. The molecule has 0 spiro atoms. The highest BCUT2D eigenvalue weighted by atomic mass is 35.5. The number of halogens is 2. The van der Waals surface area contributed by atoms with Gasteiger partial charge in [0.15, 0.2) is 11.5 Å². The van der Waals surface area contributed by atoms with Crippen LogP contribution in [0.5, 0.6) is 17.2 Å². The van der Waals surface area contributed by atoms with E-state index in [4.69, 9.17) is 31.5 Å². The van der Waals surface area contributed by atoms with Crippen LogP contribution in [-0.2, 0) is 6.54 Å². The predicted octanol–water partition coefficient (Wildman–Crippen LogP) is 4.47. The summed E-state index contributed by atoms with van der Waals surface area (Å²) in [7, 11) is 3.06. The predicted molar refractivity (Wildman–Crippen MR) is 114 cm³/mol. The summed E-state index contributed by atoms with van der Waals surface area (Å²) in [5, 5.41) is 3.15. The lowest BCUT2D eigenvalue weighted by Gasteiger charge is -2.13. The number of methoxy groups -OCH3 is 2. The topological polar surface area (TPSA) is 82.8 Å². The summed E-state index contributed by atoms with van der Waals surface area (Å²) in [6.07, 6.45) is 2.04. The molecule has 0 saturated carbocycles. The Labute approximate surface area is 176 Å². The Balaban J connectivity index is 0.00000392. The molecule has 6 nitrogen and oxygen atoms in total. The molecule has 3 N–H and O–H groups in total. The van der Waals surface area contributed by atoms with E-state index in [9.17, 15) is 4.79 Å². The molecule has 0 unspecified atom stereocenters. The Kier molecular flexibility index (Phi) is 9.76. The van der Waals surface area contributed by atoms with Crippen molar-refractivity contribution in [3.8, 4) is 17.2 Å². The molecule has 8 heteroatoms. The Morgan fingerprint density at radius 1 is 1.11 bits per heavy atom. The fourth-order valence-corrected chi connectivity index (χ4v) is 2.62. The number of nitrogens with two attached hydrogens (primary N) is 1. The molecule has 2 aromatic carbocycles. The van der Waals surface area contributed by atoms with Crippen LogP contribution in [0.4, 0.5) is 5.69 Å². The van der Waals surface area contributed by atoms with E-state index in [0.717, 1.165) is 18.4 Å². The van der Waals surface area contributed by atoms with Crippen LogP contribution in [-0.4, -0.2) is 26.7 Å². The number of nitrogen functional groups attached to an aromatic ring is 1. The number of anilines is 1. The molecular formula is C20H26Cl2N2O4. The van der Waals surface area contributed by atoms with E-state index in [1.165, 1.54) is 19.2 Å². The Hall–Kier alpha value is -2.31. The van der Waals surface area contributed by atoms with Crippen LogP contribution in [0.15, 0.2) is 30.3 Å². The third-order valence-electron chi connectivity index (χ3n) is 4.00. The maximum Gasteiger partial charge on any atom is 0.255 e. The summed E-state index contributed by atoms with van der Waals surface area (Å²) in [4.78, 5) is 12.5. The van der Waals surface area contributed by atoms with E-state index in [1.54, 1.807) is 7.11 Å². The normalized spacial score (nSPS) is 10.0. The molecule has 0 bridgehead atoms. The van der Waals surface area contributed by atoms with Crippen molar-refractivity contribution in [2.75, 3.05) is 26.6 Å². The van der Waals surface area contributed by atoms with Gasteiger partial charge in [-0.15, -0.1) is 12.4 Å². The SMILES string of the molecule is CCCCOc1ccc(CNC(=O)c2cc(Cl)c(N)cc2OC)cc1OC.Cl. The number of rotatable bonds is 9. The first kappa shape index (κ1) is 23.7. The van der Waals surface area contributed by atoms with Gasteiger partial charge >= 0.3 is 0 Å². The molecule has 154 valence electrons. The number of ether oxygens (including phenoxy) is 3. The number of nitrogens with one attached hydrogen (secondary N) is 1. The van der Waals surface area contributed by atoms with Gasteiger partial charge < -0.3 is 25.3 Å². The molecule has 0 aliphatic carbocycles. The fraction of sp³-hybridized carbons (Fsp3) is 0.350. The van der Waals surface area contributed by atoms with Crippen LogP contribution in [0.1, 0.15) is 35.7 Å². The number of unbranched alkanes of at least 4 members (excludes halogenated alkanes) is 1. The zero-order chi connectivity index (χ0) is 19.8. The summed E-state index contributed by atoms with van der Waals surface area (Å²) in [6.45, 7) is 3.06. The maximum absolute atomic E-state index is 12.5. The Morgan fingerprint density at radius 3 is 2.46 bits per heavy atom. The first-order chi connectivity index (χ1) is 13.0. The second-order valence-corrected chi connectivity index (χ2v) is 6.35. The molecule has 0 atom stereocenters. The number of hydrogen-bond donors (Lipinski definition) is 2. The van der Waals surface area contributed by atoms with Crippen LogP contribution in [0, 0.1) is 0 Å². The van der Waals surface area contributed by atoms with Gasteiger partial charge in [-0.1, -0.05) is 31.0 Å². The van der Waals surface area contributed by atoms with Crippen LogP contribution in [0.2, 0.25) is 5.02 Å². The highest BCUT2D eigenvalue weighted by Gasteiger charge is 2.15. The molecule has 2 aromatic rings. The van der Waals surface area contributed by atoms with Crippen LogP contribution in [0.25, 0.3) is 0 Å². The smallest absolute Gasteiger partial charge is 0.255 e. The van der Waals surface area contributed by atoms with Crippen molar-refractivity contribution in [3.63, 3.8) is 0 Å². The van der Waals surface area contributed by atoms with Crippen molar-refractivity contribution < 1.29 is 19.0 Å². The highest BCUT2D eigenvalue weighted by Crippen LogP contribution is 2.30. The molecule has 0 fully saturated rings. The van der Waals surface area contributed by atoms with E-state index in [2.05, 4.69) is 12.2 Å². The monoisotopic (exact) mass is 428 g/mol. The van der Waals surface area contributed by atoms with E-state index < -0.39 is 0 Å². The van der Waals surface area contributed by atoms with Crippen molar-refractivity contribution >= 4 is 35.6 Å². The standard InChI is InChI=1S/C20H25ClN2O4.ClH/c1-4-5-8-27-17-7-6-13(9-19(17)26-3)12-23-20(24)14-10-15(21)16(22)11-18(14)25-2;/h6-7,9-11H,4-5,8,12,22H2,1-3H3,(H,23,24);1H. The van der Waals surface area contributed by atoms with Gasteiger partial charge in [0.25, 0.3) is 5.91 Å². The van der Waals surface area contributed by atoms with E-state index in [1.807, 2.05) is 18.2 Å². The van der Waals surface area contributed by atoms with Crippen molar-refractivity contribution in [1.82, 2.24) is 5.32 Å². The summed E-state index contributed by atoms with van der Waals surface area (Å²) in [5.41, 5.74) is 7.31. The number of hydrogen-bond acceptors (Lipinski definition) is 5. The largest absolute Gasteiger partial charge is 0.496 e. The molecule has 2 rings (SSSR count). The fourth-order valence-electron chi connectivity index (χ4n) is 2.46. The summed E-state index contributed by atoms with van der Waals surface area (Å²) in [5.74, 6) is 1.38. The molecule has 0 aromatic heterocycles. The van der Waals surface area contributed by atoms with Gasteiger partial charge in [0.05, 0.1) is 37.1 Å². The van der Waals surface area contributed by atoms with Crippen molar-refractivity contribution in [1.29, 1.82) is 0 Å². The average Bonchev–Trinajstić information content (AvgIpc) is 2.68. The average molecular weight is 429 g/mol. The van der Waals surface area contributed by atoms with Gasteiger partial charge in [0.2, 0.25) is 0 Å². The van der Waals surface area contributed by atoms with Crippen molar-refractivity contribution in [2.24, 2.45) is 0 Å². The first-order valence-electron chi connectivity index (χ1n) is 8.71. The summed E-state index contributed by atoms with van der Waals surface area (Å²) >= 11 is 6.02. The molecule has 0 aliphatic heterocycles. The van der Waals surface area contributed by atoms with E-state index >= 15 is 0 Å². The number of carbonyl (C=O) groups is 1. The summed E-state index contributed by atoms with van der Waals surface area (Å²) < 4.78 is 16.3. The first-order valence-corrected chi connectivity index (χ1v) is 9.08. The lowest BCUT2D eigenvalue weighted by Crippen LogP contribution is -2.23. The zero-order valence-electron chi connectivity index (χ0n) is 16.2. The Bertz CT molecular complexity index is 800. The molecule has 0 radical (unpaired) electrons. The third kappa shape index (κ3) is 6.11. The molecule has 0 saturated heterocycles. The van der Waals surface area contributed by atoms with Crippen LogP contribution < -0.4 is 25.3 Å². The summed E-state index contributed by atoms with van der Waals surface area (Å²) in [6, 6.07) is 8.60. The van der Waals surface area contributed by atoms with Gasteiger partial charge in [0.1, 0.15) is 5.75 Å². The number of benzene rings is 2. The van der Waals surface area contributed by atoms with Crippen molar-refractivity contribution in [2.45, 2.75) is 26.3 Å². The third-order valence-corrected chi connectivity index (χ3v) is 4.33. The van der Waals surface area contributed by atoms with Gasteiger partial charge in [-0.2, -0.15) is 0 Å². The molecule has 28 heavy (non-hydrogen) atoms. The van der Waals surface area contributed by atoms with E-state index in [0.29, 0.717) is 46.7 Å². The molecule has 0 aliphatic rings. The maximum atomic E-state index is 12.5. The quantitative estimate of drug-likeness (QED) is 0.454. The second-order valence-electron chi connectivity index (χ2n) is 5.94. The number of amides is 1. The van der Waals surface area contributed by atoms with Gasteiger partial charge in [-0.05, 0) is 30.2 Å². The van der Waals surface area contributed by atoms with Gasteiger partial charge in [0, 0.05) is 12.6 Å². The minimum Gasteiger partial charge on any atom is -0.496 e. The van der Waals surface area contributed by atoms with Crippen molar-refractivity contribution in [3.05, 3.63) is 46.5 Å². The van der Waals surface area contributed by atoms with Gasteiger partial charge in [-0.3, -0.25) is 4.79 Å². The van der Waals surface area contributed by atoms with Gasteiger partial charge in [-0.25, -0.2) is 0 Å². The second kappa shape index (κ2) is 11.5. The minimum absolute atomic E-state index is 0. The minimum atomic E-state index is -0.309. The molecule has 1 amide bonds.